The summed E-state index contributed by atoms with van der Waals surface area (Å²) < 4.78 is 5.71. The van der Waals surface area contributed by atoms with Gasteiger partial charge < -0.3 is 10.1 Å². The Labute approximate surface area is 136 Å². The van der Waals surface area contributed by atoms with Gasteiger partial charge in [-0.2, -0.15) is 0 Å². The van der Waals surface area contributed by atoms with Crippen LogP contribution in [0, 0.1) is 0 Å². The highest BCUT2D eigenvalue weighted by Crippen LogP contribution is 2.41. The summed E-state index contributed by atoms with van der Waals surface area (Å²) in [6.45, 7) is 4.78. The molecule has 0 bridgehead atoms. The molecule has 2 aliphatic heterocycles. The van der Waals surface area contributed by atoms with E-state index >= 15 is 0 Å². The molecule has 0 saturated heterocycles. The molecule has 1 N–H and O–H groups in total. The van der Waals surface area contributed by atoms with E-state index in [1.54, 1.807) is 0 Å². The number of urea groups is 1. The number of anilines is 1. The molecule has 4 nitrogen and oxygen atoms in total. The molecule has 4 heteroatoms. The SMILES string of the molecule is CC(C)N1C(=O)NC(c2ccccc2)c2cc3c(cc21)OCC3. The van der Waals surface area contributed by atoms with E-state index in [1.807, 2.05) is 43.0 Å². The first-order chi connectivity index (χ1) is 11.1. The molecule has 2 aromatic rings. The fourth-order valence-corrected chi connectivity index (χ4v) is 3.47. The number of nitrogens with zero attached hydrogens (tertiary/aromatic N) is 1. The maximum Gasteiger partial charge on any atom is 0.322 e. The third kappa shape index (κ3) is 2.25. The molecular formula is C19H20N2O2. The van der Waals surface area contributed by atoms with Crippen molar-refractivity contribution in [2.75, 3.05) is 11.5 Å². The van der Waals surface area contributed by atoms with Crippen molar-refractivity contribution in [3.8, 4) is 5.75 Å². The van der Waals surface area contributed by atoms with E-state index in [0.717, 1.165) is 35.6 Å². The topological polar surface area (TPSA) is 41.6 Å². The van der Waals surface area contributed by atoms with E-state index < -0.39 is 0 Å². The lowest BCUT2D eigenvalue weighted by Gasteiger charge is -2.38. The zero-order chi connectivity index (χ0) is 16.0. The summed E-state index contributed by atoms with van der Waals surface area (Å²) in [5.41, 5.74) is 4.43. The predicted molar refractivity (Wildman–Crippen MR) is 90.1 cm³/mol. The van der Waals surface area contributed by atoms with Crippen molar-refractivity contribution in [2.45, 2.75) is 32.4 Å². The molecule has 1 atom stereocenters. The lowest BCUT2D eigenvalue weighted by Crippen LogP contribution is -2.50. The first-order valence-electron chi connectivity index (χ1n) is 8.09. The molecule has 0 fully saturated rings. The van der Waals surface area contributed by atoms with E-state index in [2.05, 4.69) is 23.5 Å². The maximum absolute atomic E-state index is 12.7. The molecule has 1 unspecified atom stereocenters. The number of fused-ring (bicyclic) bond motifs is 2. The number of carbonyl (C=O) groups excluding carboxylic acids is 1. The lowest BCUT2D eigenvalue weighted by atomic mass is 9.92. The van der Waals surface area contributed by atoms with Crippen LogP contribution in [-0.4, -0.2) is 18.7 Å². The van der Waals surface area contributed by atoms with Crippen molar-refractivity contribution < 1.29 is 9.53 Å². The van der Waals surface area contributed by atoms with Gasteiger partial charge in [0.15, 0.2) is 0 Å². The van der Waals surface area contributed by atoms with Gasteiger partial charge in [0.1, 0.15) is 5.75 Å². The largest absolute Gasteiger partial charge is 0.493 e. The summed E-state index contributed by atoms with van der Waals surface area (Å²) in [6.07, 6.45) is 0.930. The minimum Gasteiger partial charge on any atom is -0.493 e. The van der Waals surface area contributed by atoms with Crippen molar-refractivity contribution in [2.24, 2.45) is 0 Å². The number of rotatable bonds is 2. The Bertz CT molecular complexity index is 755. The van der Waals surface area contributed by atoms with Crippen LogP contribution in [0.2, 0.25) is 0 Å². The molecule has 0 aromatic heterocycles. The van der Waals surface area contributed by atoms with Crippen molar-refractivity contribution in [1.82, 2.24) is 5.32 Å². The smallest absolute Gasteiger partial charge is 0.322 e. The molecule has 2 amide bonds. The Kier molecular flexibility index (Phi) is 3.26. The Hall–Kier alpha value is -2.49. The summed E-state index contributed by atoms with van der Waals surface area (Å²) in [5.74, 6) is 0.913. The van der Waals surface area contributed by atoms with Gasteiger partial charge >= 0.3 is 6.03 Å². The Morgan fingerprint density at radius 1 is 1.22 bits per heavy atom. The van der Waals surface area contributed by atoms with Gasteiger partial charge in [-0.15, -0.1) is 0 Å². The van der Waals surface area contributed by atoms with Gasteiger partial charge in [0.25, 0.3) is 0 Å². The van der Waals surface area contributed by atoms with Gasteiger partial charge in [-0.05, 0) is 31.0 Å². The highest BCUT2D eigenvalue weighted by atomic mass is 16.5. The number of hydrogen-bond acceptors (Lipinski definition) is 2. The van der Waals surface area contributed by atoms with Crippen LogP contribution in [0.5, 0.6) is 5.75 Å². The number of nitrogens with one attached hydrogen (secondary N) is 1. The fraction of sp³-hybridized carbons (Fsp3) is 0.316. The van der Waals surface area contributed by atoms with E-state index in [0.29, 0.717) is 0 Å². The first kappa shape index (κ1) is 14.1. The van der Waals surface area contributed by atoms with E-state index in [4.69, 9.17) is 4.74 Å². The van der Waals surface area contributed by atoms with Crippen LogP contribution in [0.4, 0.5) is 10.5 Å². The predicted octanol–water partition coefficient (Wildman–Crippen LogP) is 3.65. The molecule has 2 aromatic carbocycles. The molecule has 0 saturated carbocycles. The molecular weight excluding hydrogens is 288 g/mol. The molecule has 2 aliphatic rings. The second-order valence-corrected chi connectivity index (χ2v) is 6.37. The monoisotopic (exact) mass is 308 g/mol. The van der Waals surface area contributed by atoms with Crippen molar-refractivity contribution in [3.05, 3.63) is 59.2 Å². The molecule has 4 rings (SSSR count). The highest BCUT2D eigenvalue weighted by Gasteiger charge is 2.34. The van der Waals surface area contributed by atoms with Gasteiger partial charge in [0, 0.05) is 24.1 Å². The maximum atomic E-state index is 12.7. The second kappa shape index (κ2) is 5.30. The first-order valence-corrected chi connectivity index (χ1v) is 8.09. The van der Waals surface area contributed by atoms with Crippen molar-refractivity contribution in [1.29, 1.82) is 0 Å². The number of amides is 2. The zero-order valence-electron chi connectivity index (χ0n) is 13.4. The Balaban J connectivity index is 1.90. The lowest BCUT2D eigenvalue weighted by molar-refractivity contribution is 0.241. The summed E-state index contributed by atoms with van der Waals surface area (Å²) in [5, 5.41) is 3.16. The van der Waals surface area contributed by atoms with Crippen LogP contribution < -0.4 is 15.0 Å². The minimum atomic E-state index is -0.111. The van der Waals surface area contributed by atoms with Crippen molar-refractivity contribution in [3.63, 3.8) is 0 Å². The van der Waals surface area contributed by atoms with Crippen LogP contribution >= 0.6 is 0 Å². The zero-order valence-corrected chi connectivity index (χ0v) is 13.4. The molecule has 2 heterocycles. The van der Waals surface area contributed by atoms with Gasteiger partial charge in [-0.1, -0.05) is 30.3 Å². The highest BCUT2D eigenvalue weighted by molar-refractivity contribution is 5.97. The molecule has 23 heavy (non-hydrogen) atoms. The standard InChI is InChI=1S/C19H20N2O2/c1-12(2)21-16-11-17-14(8-9-23-17)10-15(16)18(20-19(21)22)13-6-4-3-5-7-13/h3-7,10-12,18H,8-9H2,1-2H3,(H,20,22). The third-order valence-corrected chi connectivity index (χ3v) is 4.55. The van der Waals surface area contributed by atoms with Gasteiger partial charge in [0.2, 0.25) is 0 Å². The number of hydrogen-bond donors (Lipinski definition) is 1. The minimum absolute atomic E-state index is 0.0562. The average molecular weight is 308 g/mol. The summed E-state index contributed by atoms with van der Waals surface area (Å²) in [4.78, 5) is 14.5. The van der Waals surface area contributed by atoms with E-state index in [-0.39, 0.29) is 18.1 Å². The van der Waals surface area contributed by atoms with Gasteiger partial charge in [-0.3, -0.25) is 4.90 Å². The van der Waals surface area contributed by atoms with Crippen LogP contribution in [0.15, 0.2) is 42.5 Å². The summed E-state index contributed by atoms with van der Waals surface area (Å²) >= 11 is 0. The average Bonchev–Trinajstić information content (AvgIpc) is 3.00. The molecule has 118 valence electrons. The van der Waals surface area contributed by atoms with E-state index in [1.165, 1.54) is 5.56 Å². The molecule has 0 aliphatic carbocycles. The van der Waals surface area contributed by atoms with E-state index in [9.17, 15) is 4.79 Å². The quantitative estimate of drug-likeness (QED) is 0.920. The number of benzene rings is 2. The fourth-order valence-electron chi connectivity index (χ4n) is 3.47. The van der Waals surface area contributed by atoms with Crippen LogP contribution in [0.1, 0.15) is 36.6 Å². The Morgan fingerprint density at radius 3 is 2.74 bits per heavy atom. The summed E-state index contributed by atoms with van der Waals surface area (Å²) in [6, 6.07) is 14.3. The molecule has 0 spiro atoms. The number of carbonyl (C=O) groups is 1. The third-order valence-electron chi connectivity index (χ3n) is 4.55. The van der Waals surface area contributed by atoms with Gasteiger partial charge in [0.05, 0.1) is 18.3 Å². The van der Waals surface area contributed by atoms with Crippen LogP contribution in [0.3, 0.4) is 0 Å². The number of ether oxygens (including phenoxy) is 1. The Morgan fingerprint density at radius 2 is 2.00 bits per heavy atom. The second-order valence-electron chi connectivity index (χ2n) is 6.37. The normalized spacial score (nSPS) is 19.2. The van der Waals surface area contributed by atoms with Crippen molar-refractivity contribution >= 4 is 11.7 Å². The van der Waals surface area contributed by atoms with Crippen LogP contribution in [-0.2, 0) is 6.42 Å². The van der Waals surface area contributed by atoms with Crippen LogP contribution in [0.25, 0.3) is 0 Å². The summed E-state index contributed by atoms with van der Waals surface area (Å²) in [7, 11) is 0. The van der Waals surface area contributed by atoms with Gasteiger partial charge in [-0.25, -0.2) is 4.79 Å². The molecule has 0 radical (unpaired) electrons.